The van der Waals surface area contributed by atoms with Gasteiger partial charge in [0.05, 0.1) is 5.41 Å². The van der Waals surface area contributed by atoms with E-state index in [1.807, 2.05) is 26.0 Å². The molecule has 5 rings (SSSR count). The van der Waals surface area contributed by atoms with E-state index in [4.69, 9.17) is 0 Å². The number of phenols is 2. The highest BCUT2D eigenvalue weighted by molar-refractivity contribution is 5.70. The van der Waals surface area contributed by atoms with Crippen molar-refractivity contribution in [1.29, 1.82) is 0 Å². The first-order chi connectivity index (χ1) is 15.3. The van der Waals surface area contributed by atoms with Crippen molar-refractivity contribution in [1.82, 2.24) is 0 Å². The van der Waals surface area contributed by atoms with Crippen LogP contribution in [0.4, 0.5) is 0 Å². The maximum absolute atomic E-state index is 10.5. The summed E-state index contributed by atoms with van der Waals surface area (Å²) in [4.78, 5) is 0. The van der Waals surface area contributed by atoms with Gasteiger partial charge in [-0.05, 0) is 102 Å². The van der Waals surface area contributed by atoms with E-state index >= 15 is 0 Å². The predicted molar refractivity (Wildman–Crippen MR) is 130 cm³/mol. The predicted octanol–water partition coefficient (Wildman–Crippen LogP) is 6.62. The van der Waals surface area contributed by atoms with Gasteiger partial charge in [-0.1, -0.05) is 60.7 Å². The van der Waals surface area contributed by atoms with Crippen LogP contribution in [0.1, 0.15) is 55.6 Å². The van der Waals surface area contributed by atoms with Crippen molar-refractivity contribution >= 4 is 0 Å². The maximum Gasteiger partial charge on any atom is 0.118 e. The SMILES string of the molecule is Cc1cc(C2(c3cc(C)c(O)cc3C)c3ccccc3Cc3ccccc32)c(C)cc1O. The maximum atomic E-state index is 10.5. The average molecular weight is 421 g/mol. The first-order valence-electron chi connectivity index (χ1n) is 11.1. The van der Waals surface area contributed by atoms with Crippen LogP contribution in [0.15, 0.2) is 72.8 Å². The molecule has 4 aromatic carbocycles. The molecule has 2 heteroatoms. The second kappa shape index (κ2) is 7.27. The molecule has 0 saturated carbocycles. The summed E-state index contributed by atoms with van der Waals surface area (Å²) in [5.41, 5.74) is 10.7. The fourth-order valence-corrected chi connectivity index (χ4v) is 5.57. The van der Waals surface area contributed by atoms with E-state index in [0.717, 1.165) is 28.7 Å². The Morgan fingerprint density at radius 3 is 1.38 bits per heavy atom. The zero-order chi connectivity index (χ0) is 22.6. The van der Waals surface area contributed by atoms with Crippen molar-refractivity contribution < 1.29 is 10.2 Å². The van der Waals surface area contributed by atoms with Gasteiger partial charge < -0.3 is 10.2 Å². The van der Waals surface area contributed by atoms with Crippen molar-refractivity contribution in [3.8, 4) is 11.5 Å². The first-order valence-corrected chi connectivity index (χ1v) is 11.1. The smallest absolute Gasteiger partial charge is 0.118 e. The topological polar surface area (TPSA) is 40.5 Å². The molecule has 4 aromatic rings. The van der Waals surface area contributed by atoms with Crippen molar-refractivity contribution in [2.45, 2.75) is 39.5 Å². The first kappa shape index (κ1) is 20.4. The fourth-order valence-electron chi connectivity index (χ4n) is 5.57. The van der Waals surface area contributed by atoms with Gasteiger partial charge in [0.25, 0.3) is 0 Å². The minimum atomic E-state index is -0.545. The van der Waals surface area contributed by atoms with E-state index in [1.54, 1.807) is 0 Å². The number of hydrogen-bond acceptors (Lipinski definition) is 2. The number of aryl methyl sites for hydroxylation is 4. The monoisotopic (exact) mass is 420 g/mol. The van der Waals surface area contributed by atoms with Crippen molar-refractivity contribution in [3.63, 3.8) is 0 Å². The minimum Gasteiger partial charge on any atom is -0.508 e. The van der Waals surface area contributed by atoms with Crippen molar-refractivity contribution in [2.75, 3.05) is 0 Å². The molecule has 1 aliphatic carbocycles. The summed E-state index contributed by atoms with van der Waals surface area (Å²) in [5, 5.41) is 20.9. The highest BCUT2D eigenvalue weighted by Crippen LogP contribution is 2.53. The van der Waals surface area contributed by atoms with Crippen LogP contribution in [-0.2, 0) is 11.8 Å². The second-order valence-corrected chi connectivity index (χ2v) is 9.15. The number of rotatable bonds is 2. The Balaban J connectivity index is 2.04. The Morgan fingerprint density at radius 1 is 0.531 bits per heavy atom. The third-order valence-electron chi connectivity index (χ3n) is 7.12. The van der Waals surface area contributed by atoms with Crippen LogP contribution in [-0.4, -0.2) is 10.2 Å². The summed E-state index contributed by atoms with van der Waals surface area (Å²) in [7, 11) is 0. The molecule has 0 saturated heterocycles. The third-order valence-corrected chi connectivity index (χ3v) is 7.12. The standard InChI is InChI=1S/C30H28O2/c1-18-15-28(31)20(3)13-26(18)30(27-14-21(4)29(32)16-19(27)2)24-11-7-5-9-22(24)17-23-10-6-8-12-25(23)30/h5-16,31-32H,17H2,1-4H3. The molecule has 0 amide bonds. The van der Waals surface area contributed by atoms with Gasteiger partial charge in [-0.15, -0.1) is 0 Å². The van der Waals surface area contributed by atoms with E-state index in [0.29, 0.717) is 11.5 Å². The van der Waals surface area contributed by atoms with Gasteiger partial charge in [0.1, 0.15) is 11.5 Å². The Labute approximate surface area is 189 Å². The Morgan fingerprint density at radius 2 is 0.938 bits per heavy atom. The van der Waals surface area contributed by atoms with Crippen molar-refractivity contribution in [3.05, 3.63) is 128 Å². The zero-order valence-corrected chi connectivity index (χ0v) is 19.0. The molecule has 1 aliphatic rings. The van der Waals surface area contributed by atoms with Crippen LogP contribution in [0.2, 0.25) is 0 Å². The van der Waals surface area contributed by atoms with E-state index in [1.165, 1.54) is 33.4 Å². The fraction of sp³-hybridized carbons (Fsp3) is 0.200. The van der Waals surface area contributed by atoms with Gasteiger partial charge in [0.15, 0.2) is 0 Å². The number of aromatic hydroxyl groups is 2. The largest absolute Gasteiger partial charge is 0.508 e. The number of phenolic OH excluding ortho intramolecular Hbond substituents is 2. The lowest BCUT2D eigenvalue weighted by atomic mass is 9.58. The molecule has 0 radical (unpaired) electrons. The molecule has 0 atom stereocenters. The molecule has 0 unspecified atom stereocenters. The van der Waals surface area contributed by atoms with Crippen LogP contribution < -0.4 is 0 Å². The van der Waals surface area contributed by atoms with Gasteiger partial charge in [-0.3, -0.25) is 0 Å². The molecule has 0 fully saturated rings. The molecule has 32 heavy (non-hydrogen) atoms. The quantitative estimate of drug-likeness (QED) is 0.337. The molecule has 0 heterocycles. The minimum absolute atomic E-state index is 0.317. The summed E-state index contributed by atoms with van der Waals surface area (Å²) in [6.07, 6.45) is 0.889. The lowest BCUT2D eigenvalue weighted by molar-refractivity contribution is 0.469. The Kier molecular flexibility index (Phi) is 4.63. The van der Waals surface area contributed by atoms with Gasteiger partial charge in [-0.2, -0.15) is 0 Å². The van der Waals surface area contributed by atoms with Crippen LogP contribution in [0.5, 0.6) is 11.5 Å². The highest BCUT2D eigenvalue weighted by atomic mass is 16.3. The van der Waals surface area contributed by atoms with E-state index < -0.39 is 5.41 Å². The summed E-state index contributed by atoms with van der Waals surface area (Å²) in [5.74, 6) is 0.634. The van der Waals surface area contributed by atoms with Gasteiger partial charge in [0.2, 0.25) is 0 Å². The third kappa shape index (κ3) is 2.79. The normalized spacial score (nSPS) is 14.0. The van der Waals surface area contributed by atoms with Crippen LogP contribution >= 0.6 is 0 Å². The molecule has 0 spiro atoms. The van der Waals surface area contributed by atoms with E-state index in [9.17, 15) is 10.2 Å². The zero-order valence-electron chi connectivity index (χ0n) is 19.0. The summed E-state index contributed by atoms with van der Waals surface area (Å²) < 4.78 is 0. The van der Waals surface area contributed by atoms with Crippen molar-refractivity contribution in [2.24, 2.45) is 0 Å². The highest BCUT2D eigenvalue weighted by Gasteiger charge is 2.45. The number of hydrogen-bond donors (Lipinski definition) is 2. The Hall–Kier alpha value is -3.52. The molecule has 2 N–H and O–H groups in total. The van der Waals surface area contributed by atoms with Gasteiger partial charge in [0, 0.05) is 0 Å². The average Bonchev–Trinajstić information content (AvgIpc) is 2.77. The molecule has 0 aromatic heterocycles. The van der Waals surface area contributed by atoms with Crippen LogP contribution in [0.3, 0.4) is 0 Å². The second-order valence-electron chi connectivity index (χ2n) is 9.15. The van der Waals surface area contributed by atoms with E-state index in [-0.39, 0.29) is 0 Å². The summed E-state index contributed by atoms with van der Waals surface area (Å²) in [6, 6.07) is 25.5. The van der Waals surface area contributed by atoms with Crippen LogP contribution in [0.25, 0.3) is 0 Å². The van der Waals surface area contributed by atoms with E-state index in [2.05, 4.69) is 74.5 Å². The Bertz CT molecular complexity index is 1260. The van der Waals surface area contributed by atoms with Gasteiger partial charge >= 0.3 is 0 Å². The number of fused-ring (bicyclic) bond motifs is 2. The molecule has 0 aliphatic heterocycles. The lowest BCUT2D eigenvalue weighted by Crippen LogP contribution is -2.37. The summed E-state index contributed by atoms with van der Waals surface area (Å²) >= 11 is 0. The lowest BCUT2D eigenvalue weighted by Gasteiger charge is -2.44. The molecular formula is C30H28O2. The van der Waals surface area contributed by atoms with Crippen LogP contribution in [0, 0.1) is 27.7 Å². The molecule has 0 bridgehead atoms. The molecule has 2 nitrogen and oxygen atoms in total. The molecule has 160 valence electrons. The summed E-state index contributed by atoms with van der Waals surface area (Å²) in [6.45, 7) is 8.08. The van der Waals surface area contributed by atoms with Gasteiger partial charge in [-0.25, -0.2) is 0 Å². The molecular weight excluding hydrogens is 392 g/mol. The number of benzene rings is 4.